The lowest BCUT2D eigenvalue weighted by molar-refractivity contribution is -0.384. The summed E-state index contributed by atoms with van der Waals surface area (Å²) in [5.74, 6) is -0.269. The zero-order valence-corrected chi connectivity index (χ0v) is 13.4. The van der Waals surface area contributed by atoms with Crippen LogP contribution in [0.2, 0.25) is 0 Å². The number of carbonyl (C=O) groups is 1. The van der Waals surface area contributed by atoms with Crippen LogP contribution in [0.4, 0.5) is 5.69 Å². The zero-order chi connectivity index (χ0) is 14.6. The number of rotatable bonds is 5. The maximum Gasteiger partial charge on any atom is 0.270 e. The topological polar surface area (TPSA) is 72.2 Å². The number of nitro groups is 1. The van der Waals surface area contributed by atoms with Gasteiger partial charge in [0.25, 0.3) is 11.6 Å². The molecule has 0 radical (unpaired) electrons. The number of benzene rings is 1. The smallest absolute Gasteiger partial charge is 0.270 e. The van der Waals surface area contributed by atoms with Crippen molar-refractivity contribution in [1.29, 1.82) is 0 Å². The van der Waals surface area contributed by atoms with Crippen LogP contribution in [0.5, 0.6) is 0 Å². The number of hydrogen-bond donors (Lipinski definition) is 1. The first-order chi connectivity index (χ1) is 8.76. The van der Waals surface area contributed by atoms with Gasteiger partial charge in [0.2, 0.25) is 0 Å². The van der Waals surface area contributed by atoms with Crippen molar-refractivity contribution in [2.24, 2.45) is 5.41 Å². The first-order valence-corrected chi connectivity index (χ1v) is 7.07. The summed E-state index contributed by atoms with van der Waals surface area (Å²) in [6.45, 7) is 6.72. The number of nitrogens with one attached hydrogen (secondary N) is 1. The molecule has 1 aromatic carbocycles. The van der Waals surface area contributed by atoms with Crippen LogP contribution in [0.1, 0.15) is 37.6 Å². The number of amides is 1. The molecule has 0 heterocycles. The monoisotopic (exact) mass is 376 g/mol. The van der Waals surface area contributed by atoms with Crippen molar-refractivity contribution >= 4 is 34.2 Å². The van der Waals surface area contributed by atoms with E-state index in [1.807, 2.05) is 22.6 Å². The van der Waals surface area contributed by atoms with Gasteiger partial charge in [-0.05, 0) is 40.5 Å². The number of nitrogens with zero attached hydrogens (tertiary/aromatic N) is 1. The Morgan fingerprint density at radius 2 is 2.11 bits per heavy atom. The highest BCUT2D eigenvalue weighted by molar-refractivity contribution is 14.1. The minimum Gasteiger partial charge on any atom is -0.351 e. The summed E-state index contributed by atoms with van der Waals surface area (Å²) in [4.78, 5) is 22.3. The van der Waals surface area contributed by atoms with Crippen molar-refractivity contribution in [3.8, 4) is 0 Å². The van der Waals surface area contributed by atoms with Crippen LogP contribution in [0.15, 0.2) is 18.2 Å². The van der Waals surface area contributed by atoms with E-state index in [0.29, 0.717) is 15.7 Å². The minimum absolute atomic E-state index is 0.0157. The average molecular weight is 376 g/mol. The summed E-state index contributed by atoms with van der Waals surface area (Å²) in [5, 5.41) is 13.6. The highest BCUT2D eigenvalue weighted by Gasteiger charge is 2.19. The number of non-ortho nitro benzene ring substituents is 1. The summed E-state index contributed by atoms with van der Waals surface area (Å²) in [6.07, 6.45) is 0.944. The van der Waals surface area contributed by atoms with Crippen LogP contribution >= 0.6 is 22.6 Å². The predicted octanol–water partition coefficient (Wildman–Crippen LogP) is 3.37. The number of carbonyl (C=O) groups excluding carboxylic acids is 1. The van der Waals surface area contributed by atoms with Gasteiger partial charge in [-0.2, -0.15) is 0 Å². The second-order valence-electron chi connectivity index (χ2n) is 5.12. The van der Waals surface area contributed by atoms with E-state index in [0.717, 1.165) is 6.42 Å². The van der Waals surface area contributed by atoms with Gasteiger partial charge in [-0.25, -0.2) is 0 Å². The third-order valence-electron chi connectivity index (χ3n) is 3.09. The predicted molar refractivity (Wildman–Crippen MR) is 82.2 cm³/mol. The molecule has 104 valence electrons. The third kappa shape index (κ3) is 4.45. The molecule has 0 fully saturated rings. The van der Waals surface area contributed by atoms with Crippen molar-refractivity contribution in [3.63, 3.8) is 0 Å². The van der Waals surface area contributed by atoms with Gasteiger partial charge in [-0.15, -0.1) is 0 Å². The molecule has 1 aromatic rings. The standard InChI is InChI=1S/C13H17IN2O3/c1-4-13(2,3)8-15-12(17)10-7-9(16(18)19)5-6-11(10)14/h5-7H,4,8H2,1-3H3,(H,15,17). The van der Waals surface area contributed by atoms with E-state index in [-0.39, 0.29) is 17.0 Å². The minimum atomic E-state index is -0.497. The first-order valence-electron chi connectivity index (χ1n) is 5.99. The van der Waals surface area contributed by atoms with Gasteiger partial charge in [0, 0.05) is 22.2 Å². The normalized spacial score (nSPS) is 11.2. The molecule has 0 unspecified atom stereocenters. The lowest BCUT2D eigenvalue weighted by atomic mass is 9.90. The number of nitro benzene ring substituents is 1. The van der Waals surface area contributed by atoms with Crippen molar-refractivity contribution in [2.45, 2.75) is 27.2 Å². The van der Waals surface area contributed by atoms with Gasteiger partial charge in [-0.3, -0.25) is 14.9 Å². The molecule has 0 spiro atoms. The zero-order valence-electron chi connectivity index (χ0n) is 11.2. The Balaban J connectivity index is 2.88. The Kier molecular flexibility index (Phi) is 5.28. The van der Waals surface area contributed by atoms with Crippen LogP contribution in [-0.4, -0.2) is 17.4 Å². The maximum atomic E-state index is 12.1. The molecule has 0 aliphatic rings. The summed E-state index contributed by atoms with van der Waals surface area (Å²) in [6, 6.07) is 4.29. The molecule has 0 saturated heterocycles. The third-order valence-corrected chi connectivity index (χ3v) is 4.03. The second kappa shape index (κ2) is 6.31. The molecule has 19 heavy (non-hydrogen) atoms. The Labute approximate surface area is 126 Å². The fraction of sp³-hybridized carbons (Fsp3) is 0.462. The van der Waals surface area contributed by atoms with Crippen molar-refractivity contribution in [2.75, 3.05) is 6.54 Å². The Hall–Kier alpha value is -1.18. The maximum absolute atomic E-state index is 12.1. The average Bonchev–Trinajstić information content (AvgIpc) is 2.36. The van der Waals surface area contributed by atoms with Crippen LogP contribution in [0.3, 0.4) is 0 Å². The van der Waals surface area contributed by atoms with Crippen molar-refractivity contribution in [3.05, 3.63) is 37.4 Å². The lowest BCUT2D eigenvalue weighted by Crippen LogP contribution is -2.34. The molecular weight excluding hydrogens is 359 g/mol. The van der Waals surface area contributed by atoms with Crippen LogP contribution in [0.25, 0.3) is 0 Å². The molecule has 0 aliphatic carbocycles. The van der Waals surface area contributed by atoms with Crippen LogP contribution in [-0.2, 0) is 0 Å². The van der Waals surface area contributed by atoms with Gasteiger partial charge >= 0.3 is 0 Å². The van der Waals surface area contributed by atoms with Gasteiger partial charge in [0.05, 0.1) is 10.5 Å². The molecule has 5 nitrogen and oxygen atoms in total. The lowest BCUT2D eigenvalue weighted by Gasteiger charge is -2.22. The van der Waals surface area contributed by atoms with E-state index in [1.165, 1.54) is 12.1 Å². The fourth-order valence-electron chi connectivity index (χ4n) is 1.34. The van der Waals surface area contributed by atoms with Crippen molar-refractivity contribution < 1.29 is 9.72 Å². The molecule has 0 aliphatic heterocycles. The van der Waals surface area contributed by atoms with Gasteiger partial charge < -0.3 is 5.32 Å². The summed E-state index contributed by atoms with van der Waals surface area (Å²) in [7, 11) is 0. The quantitative estimate of drug-likeness (QED) is 0.487. The van der Waals surface area contributed by atoms with Crippen molar-refractivity contribution in [1.82, 2.24) is 5.32 Å². The molecule has 0 bridgehead atoms. The largest absolute Gasteiger partial charge is 0.351 e. The first kappa shape index (κ1) is 15.9. The van der Waals surface area contributed by atoms with E-state index in [4.69, 9.17) is 0 Å². The van der Waals surface area contributed by atoms with E-state index >= 15 is 0 Å². The van der Waals surface area contributed by atoms with Crippen LogP contribution < -0.4 is 5.32 Å². The SMILES string of the molecule is CCC(C)(C)CNC(=O)c1cc([N+](=O)[O-])ccc1I. The molecule has 6 heteroatoms. The van der Waals surface area contributed by atoms with E-state index < -0.39 is 4.92 Å². The van der Waals surface area contributed by atoms with E-state index in [2.05, 4.69) is 26.1 Å². The molecular formula is C13H17IN2O3. The van der Waals surface area contributed by atoms with Crippen LogP contribution in [0, 0.1) is 19.1 Å². The fourth-order valence-corrected chi connectivity index (χ4v) is 1.92. The summed E-state index contributed by atoms with van der Waals surface area (Å²) < 4.78 is 0.704. The molecule has 1 N–H and O–H groups in total. The molecule has 1 rings (SSSR count). The molecule has 1 amide bonds. The second-order valence-corrected chi connectivity index (χ2v) is 6.28. The molecule has 0 atom stereocenters. The summed E-state index contributed by atoms with van der Waals surface area (Å²) in [5.41, 5.74) is 0.295. The molecule has 0 aromatic heterocycles. The van der Waals surface area contributed by atoms with E-state index in [1.54, 1.807) is 6.07 Å². The summed E-state index contributed by atoms with van der Waals surface area (Å²) >= 11 is 2.00. The Bertz CT molecular complexity index is 501. The Morgan fingerprint density at radius 1 is 1.47 bits per heavy atom. The number of hydrogen-bond acceptors (Lipinski definition) is 3. The van der Waals surface area contributed by atoms with Gasteiger partial charge in [0.1, 0.15) is 0 Å². The number of halogens is 1. The highest BCUT2D eigenvalue weighted by Crippen LogP contribution is 2.21. The van der Waals surface area contributed by atoms with Gasteiger partial charge in [0.15, 0.2) is 0 Å². The molecule has 0 saturated carbocycles. The highest BCUT2D eigenvalue weighted by atomic mass is 127. The Morgan fingerprint density at radius 3 is 2.63 bits per heavy atom. The van der Waals surface area contributed by atoms with Gasteiger partial charge in [-0.1, -0.05) is 20.8 Å². The van der Waals surface area contributed by atoms with E-state index in [9.17, 15) is 14.9 Å².